The van der Waals surface area contributed by atoms with E-state index in [2.05, 4.69) is 26.1 Å². The SMILES string of the molecule is CCCNC(C)C(C)Oc1cc(Cl)ccc1C. The summed E-state index contributed by atoms with van der Waals surface area (Å²) in [6, 6.07) is 6.06. The lowest BCUT2D eigenvalue weighted by atomic mass is 10.2. The number of hydrogen-bond acceptors (Lipinski definition) is 2. The van der Waals surface area contributed by atoms with E-state index in [1.54, 1.807) is 0 Å². The quantitative estimate of drug-likeness (QED) is 0.835. The molecule has 2 atom stereocenters. The van der Waals surface area contributed by atoms with Gasteiger partial charge in [0, 0.05) is 11.1 Å². The molecule has 1 aromatic rings. The maximum absolute atomic E-state index is 5.97. The van der Waals surface area contributed by atoms with Crippen LogP contribution in [0.1, 0.15) is 32.8 Å². The normalized spacial score (nSPS) is 14.4. The molecule has 0 saturated carbocycles. The van der Waals surface area contributed by atoms with Crippen LogP contribution in [0.4, 0.5) is 0 Å². The predicted octanol–water partition coefficient (Wildman–Crippen LogP) is 3.80. The Bertz CT molecular complexity index is 354. The number of aryl methyl sites for hydroxylation is 1. The smallest absolute Gasteiger partial charge is 0.124 e. The van der Waals surface area contributed by atoms with Crippen molar-refractivity contribution < 1.29 is 4.74 Å². The minimum atomic E-state index is 0.124. The molecule has 0 amide bonds. The van der Waals surface area contributed by atoms with Gasteiger partial charge in [0.25, 0.3) is 0 Å². The molecule has 17 heavy (non-hydrogen) atoms. The molecular weight excluding hydrogens is 234 g/mol. The van der Waals surface area contributed by atoms with Crippen LogP contribution in [0, 0.1) is 6.92 Å². The Hall–Kier alpha value is -0.730. The average Bonchev–Trinajstić information content (AvgIpc) is 2.30. The van der Waals surface area contributed by atoms with Gasteiger partial charge in [0.1, 0.15) is 11.9 Å². The summed E-state index contributed by atoms with van der Waals surface area (Å²) in [6.07, 6.45) is 1.26. The molecule has 0 heterocycles. The highest BCUT2D eigenvalue weighted by Gasteiger charge is 2.14. The third-order valence-electron chi connectivity index (χ3n) is 2.88. The van der Waals surface area contributed by atoms with Crippen molar-refractivity contribution in [1.29, 1.82) is 0 Å². The van der Waals surface area contributed by atoms with Gasteiger partial charge >= 0.3 is 0 Å². The van der Waals surface area contributed by atoms with Crippen molar-refractivity contribution in [3.63, 3.8) is 0 Å². The van der Waals surface area contributed by atoms with Crippen LogP contribution in [0.3, 0.4) is 0 Å². The van der Waals surface area contributed by atoms with Gasteiger partial charge in [0.15, 0.2) is 0 Å². The van der Waals surface area contributed by atoms with Crippen molar-refractivity contribution in [3.05, 3.63) is 28.8 Å². The summed E-state index contributed by atoms with van der Waals surface area (Å²) in [4.78, 5) is 0. The zero-order valence-electron chi connectivity index (χ0n) is 11.1. The number of ether oxygens (including phenoxy) is 1. The fourth-order valence-corrected chi connectivity index (χ4v) is 1.70. The maximum atomic E-state index is 5.97. The zero-order chi connectivity index (χ0) is 12.8. The maximum Gasteiger partial charge on any atom is 0.124 e. The molecule has 1 N–H and O–H groups in total. The van der Waals surface area contributed by atoms with Gasteiger partial charge in [-0.3, -0.25) is 0 Å². The first-order valence-electron chi connectivity index (χ1n) is 6.20. The van der Waals surface area contributed by atoms with Crippen molar-refractivity contribution in [3.8, 4) is 5.75 Å². The van der Waals surface area contributed by atoms with E-state index in [9.17, 15) is 0 Å². The lowest BCUT2D eigenvalue weighted by molar-refractivity contribution is 0.177. The Kier molecular flexibility index (Phi) is 5.79. The summed E-state index contributed by atoms with van der Waals surface area (Å²) in [6.45, 7) is 9.42. The molecule has 0 aliphatic carbocycles. The van der Waals surface area contributed by atoms with E-state index in [-0.39, 0.29) is 6.10 Å². The van der Waals surface area contributed by atoms with Crippen LogP contribution >= 0.6 is 11.6 Å². The van der Waals surface area contributed by atoms with Gasteiger partial charge < -0.3 is 10.1 Å². The first-order valence-corrected chi connectivity index (χ1v) is 6.58. The van der Waals surface area contributed by atoms with E-state index >= 15 is 0 Å². The van der Waals surface area contributed by atoms with Crippen LogP contribution in [-0.4, -0.2) is 18.7 Å². The van der Waals surface area contributed by atoms with Crippen LogP contribution in [0.25, 0.3) is 0 Å². The van der Waals surface area contributed by atoms with Crippen LogP contribution in [0.2, 0.25) is 5.02 Å². The number of rotatable bonds is 6. The van der Waals surface area contributed by atoms with Gasteiger partial charge in [0.2, 0.25) is 0 Å². The molecule has 2 unspecified atom stereocenters. The van der Waals surface area contributed by atoms with Crippen LogP contribution in [-0.2, 0) is 0 Å². The summed E-state index contributed by atoms with van der Waals surface area (Å²) in [5.74, 6) is 0.871. The molecule has 0 fully saturated rings. The molecule has 0 aliphatic rings. The van der Waals surface area contributed by atoms with Crippen molar-refractivity contribution >= 4 is 11.6 Å². The van der Waals surface area contributed by atoms with E-state index in [4.69, 9.17) is 16.3 Å². The second kappa shape index (κ2) is 6.87. The van der Waals surface area contributed by atoms with Crippen molar-refractivity contribution in [2.45, 2.75) is 46.3 Å². The Morgan fingerprint density at radius 1 is 1.35 bits per heavy atom. The first-order chi connectivity index (χ1) is 8.04. The second-order valence-electron chi connectivity index (χ2n) is 4.48. The molecule has 1 aromatic carbocycles. The third-order valence-corrected chi connectivity index (χ3v) is 3.12. The molecule has 3 heteroatoms. The van der Waals surface area contributed by atoms with Crippen LogP contribution in [0.15, 0.2) is 18.2 Å². The summed E-state index contributed by atoms with van der Waals surface area (Å²) >= 11 is 5.97. The van der Waals surface area contributed by atoms with Gasteiger partial charge in [-0.05, 0) is 51.4 Å². The molecule has 0 aromatic heterocycles. The molecule has 0 aliphatic heterocycles. The molecule has 1 rings (SSSR count). The van der Waals surface area contributed by atoms with E-state index in [0.717, 1.165) is 24.3 Å². The second-order valence-corrected chi connectivity index (χ2v) is 4.91. The Balaban J connectivity index is 2.60. The topological polar surface area (TPSA) is 21.3 Å². The highest BCUT2D eigenvalue weighted by molar-refractivity contribution is 6.30. The lowest BCUT2D eigenvalue weighted by Gasteiger charge is -2.23. The summed E-state index contributed by atoms with van der Waals surface area (Å²) < 4.78 is 5.94. The Morgan fingerprint density at radius 3 is 2.71 bits per heavy atom. The van der Waals surface area contributed by atoms with Gasteiger partial charge in [-0.15, -0.1) is 0 Å². The summed E-state index contributed by atoms with van der Waals surface area (Å²) in [7, 11) is 0. The van der Waals surface area contributed by atoms with Gasteiger partial charge in [-0.25, -0.2) is 0 Å². The van der Waals surface area contributed by atoms with Gasteiger partial charge in [-0.1, -0.05) is 24.6 Å². The van der Waals surface area contributed by atoms with Crippen molar-refractivity contribution in [2.75, 3.05) is 6.54 Å². The highest BCUT2D eigenvalue weighted by Crippen LogP contribution is 2.24. The minimum absolute atomic E-state index is 0.124. The van der Waals surface area contributed by atoms with Crippen LogP contribution in [0.5, 0.6) is 5.75 Å². The highest BCUT2D eigenvalue weighted by atomic mass is 35.5. The number of hydrogen-bond donors (Lipinski definition) is 1. The zero-order valence-corrected chi connectivity index (χ0v) is 11.8. The molecule has 0 saturated heterocycles. The first kappa shape index (κ1) is 14.3. The van der Waals surface area contributed by atoms with Gasteiger partial charge in [-0.2, -0.15) is 0 Å². The Labute approximate surface area is 109 Å². The van der Waals surface area contributed by atoms with E-state index in [1.807, 2.05) is 25.1 Å². The number of benzene rings is 1. The minimum Gasteiger partial charge on any atom is -0.489 e. The summed E-state index contributed by atoms with van der Waals surface area (Å²) in [5, 5.41) is 4.14. The Morgan fingerprint density at radius 2 is 2.06 bits per heavy atom. The molecule has 0 spiro atoms. The largest absolute Gasteiger partial charge is 0.489 e. The number of halogens is 1. The van der Waals surface area contributed by atoms with E-state index in [0.29, 0.717) is 11.1 Å². The predicted molar refractivity (Wildman–Crippen MR) is 74.0 cm³/mol. The van der Waals surface area contributed by atoms with E-state index < -0.39 is 0 Å². The fourth-order valence-electron chi connectivity index (χ4n) is 1.54. The lowest BCUT2D eigenvalue weighted by Crippen LogP contribution is -2.39. The van der Waals surface area contributed by atoms with Crippen LogP contribution < -0.4 is 10.1 Å². The number of nitrogens with one attached hydrogen (secondary N) is 1. The summed E-state index contributed by atoms with van der Waals surface area (Å²) in [5.41, 5.74) is 1.11. The van der Waals surface area contributed by atoms with Crippen molar-refractivity contribution in [1.82, 2.24) is 5.32 Å². The fraction of sp³-hybridized carbons (Fsp3) is 0.571. The van der Waals surface area contributed by atoms with E-state index in [1.165, 1.54) is 0 Å². The molecule has 0 radical (unpaired) electrons. The standard InChI is InChI=1S/C14H22ClNO/c1-5-8-16-11(3)12(4)17-14-9-13(15)7-6-10(14)2/h6-7,9,11-12,16H,5,8H2,1-4H3. The molecular formula is C14H22ClNO. The third kappa shape index (κ3) is 4.57. The molecule has 0 bridgehead atoms. The average molecular weight is 256 g/mol. The molecule has 96 valence electrons. The van der Waals surface area contributed by atoms with Crippen molar-refractivity contribution in [2.24, 2.45) is 0 Å². The molecule has 2 nitrogen and oxygen atoms in total. The van der Waals surface area contributed by atoms with Gasteiger partial charge in [0.05, 0.1) is 0 Å². The monoisotopic (exact) mass is 255 g/mol.